The number of anilines is 1. The lowest BCUT2D eigenvalue weighted by atomic mass is 9.96. The fraction of sp³-hybridized carbons (Fsp3) is 0.529. The first-order valence-corrected chi connectivity index (χ1v) is 10.1. The highest BCUT2D eigenvalue weighted by Crippen LogP contribution is 2.24. The van der Waals surface area contributed by atoms with Gasteiger partial charge in [-0.05, 0) is 44.4 Å². The molecular weight excluding hydrogens is 342 g/mol. The number of hydrogen-bond acceptors (Lipinski definition) is 4. The quantitative estimate of drug-likeness (QED) is 0.834. The van der Waals surface area contributed by atoms with Crippen LogP contribution in [0, 0.1) is 12.8 Å². The van der Waals surface area contributed by atoms with Crippen molar-refractivity contribution in [3.63, 3.8) is 0 Å². The molecule has 1 aromatic carbocycles. The predicted molar refractivity (Wildman–Crippen MR) is 96.5 cm³/mol. The first-order valence-electron chi connectivity index (χ1n) is 8.25. The van der Waals surface area contributed by atoms with Gasteiger partial charge in [0, 0.05) is 19.0 Å². The van der Waals surface area contributed by atoms with Gasteiger partial charge in [-0.25, -0.2) is 8.42 Å². The van der Waals surface area contributed by atoms with Gasteiger partial charge in [0.1, 0.15) is 6.04 Å². The topological polar surface area (TPSA) is 101 Å². The number of aryl methyl sites for hydroxylation is 1. The van der Waals surface area contributed by atoms with Crippen LogP contribution in [0.4, 0.5) is 5.69 Å². The molecule has 138 valence electrons. The van der Waals surface area contributed by atoms with Crippen molar-refractivity contribution in [3.8, 4) is 0 Å². The van der Waals surface area contributed by atoms with Crippen LogP contribution >= 0.6 is 0 Å². The van der Waals surface area contributed by atoms with Crippen LogP contribution < -0.4 is 10.0 Å². The van der Waals surface area contributed by atoms with Crippen molar-refractivity contribution in [2.45, 2.75) is 32.7 Å². The van der Waals surface area contributed by atoms with E-state index >= 15 is 0 Å². The van der Waals surface area contributed by atoms with E-state index in [0.717, 1.165) is 16.1 Å². The van der Waals surface area contributed by atoms with Gasteiger partial charge in [0.05, 0.1) is 11.9 Å². The number of carbonyl (C=O) groups is 2. The number of amides is 2. The molecule has 1 atom stereocenters. The second kappa shape index (κ2) is 7.43. The smallest absolute Gasteiger partial charge is 0.246 e. The number of piperidine rings is 1. The minimum atomic E-state index is -3.63. The van der Waals surface area contributed by atoms with E-state index in [0.29, 0.717) is 31.6 Å². The number of hydrogen-bond donors (Lipinski definition) is 1. The average molecular weight is 367 g/mol. The van der Waals surface area contributed by atoms with Gasteiger partial charge in [-0.1, -0.05) is 12.1 Å². The summed E-state index contributed by atoms with van der Waals surface area (Å²) in [5.41, 5.74) is 6.69. The molecule has 0 aliphatic carbocycles. The summed E-state index contributed by atoms with van der Waals surface area (Å²) in [5, 5.41) is 0. The van der Waals surface area contributed by atoms with Crippen molar-refractivity contribution in [2.75, 3.05) is 23.7 Å². The Morgan fingerprint density at radius 3 is 2.36 bits per heavy atom. The van der Waals surface area contributed by atoms with Gasteiger partial charge in [-0.15, -0.1) is 0 Å². The first kappa shape index (κ1) is 19.2. The Balaban J connectivity index is 2.21. The largest absolute Gasteiger partial charge is 0.369 e. The summed E-state index contributed by atoms with van der Waals surface area (Å²) >= 11 is 0. The number of sulfonamides is 1. The molecule has 1 aromatic rings. The van der Waals surface area contributed by atoms with Crippen molar-refractivity contribution in [2.24, 2.45) is 11.7 Å². The lowest BCUT2D eigenvalue weighted by molar-refractivity contribution is -0.135. The van der Waals surface area contributed by atoms with Gasteiger partial charge < -0.3 is 10.6 Å². The predicted octanol–water partition coefficient (Wildman–Crippen LogP) is 0.873. The van der Waals surface area contributed by atoms with Crippen LogP contribution in [-0.2, 0) is 19.6 Å². The number of primary amides is 1. The van der Waals surface area contributed by atoms with Crippen LogP contribution in [0.3, 0.4) is 0 Å². The van der Waals surface area contributed by atoms with Crippen LogP contribution in [0.25, 0.3) is 0 Å². The standard InChI is InChI=1S/C17H25N3O4S/c1-12-5-4-6-15(11-12)20(25(3,23)24)13(2)17(22)19-9-7-14(8-10-19)16(18)21/h4-6,11,13-14H,7-10H2,1-3H3,(H2,18,21). The Bertz CT molecular complexity index is 755. The number of likely N-dealkylation sites (tertiary alicyclic amines) is 1. The summed E-state index contributed by atoms with van der Waals surface area (Å²) in [6, 6.07) is 6.19. The lowest BCUT2D eigenvalue weighted by Gasteiger charge is -2.36. The zero-order valence-corrected chi connectivity index (χ0v) is 15.6. The van der Waals surface area contributed by atoms with Gasteiger partial charge in [0.2, 0.25) is 21.8 Å². The van der Waals surface area contributed by atoms with Crippen molar-refractivity contribution in [3.05, 3.63) is 29.8 Å². The number of rotatable bonds is 5. The van der Waals surface area contributed by atoms with Crippen LogP contribution in [0.2, 0.25) is 0 Å². The Kier molecular flexibility index (Phi) is 5.72. The minimum Gasteiger partial charge on any atom is -0.369 e. The molecule has 1 fully saturated rings. The molecule has 2 N–H and O–H groups in total. The van der Waals surface area contributed by atoms with Gasteiger partial charge in [0.25, 0.3) is 0 Å². The average Bonchev–Trinajstić information content (AvgIpc) is 2.53. The molecule has 0 saturated carbocycles. The maximum absolute atomic E-state index is 12.8. The maximum Gasteiger partial charge on any atom is 0.246 e. The summed E-state index contributed by atoms with van der Waals surface area (Å²) < 4.78 is 25.8. The van der Waals surface area contributed by atoms with Crippen molar-refractivity contribution in [1.29, 1.82) is 0 Å². The van der Waals surface area contributed by atoms with E-state index < -0.39 is 16.1 Å². The highest BCUT2D eigenvalue weighted by molar-refractivity contribution is 7.92. The SMILES string of the molecule is Cc1cccc(N(C(C)C(=O)N2CCC(C(N)=O)CC2)S(C)(=O)=O)c1. The van der Waals surface area contributed by atoms with E-state index in [2.05, 4.69) is 0 Å². The zero-order valence-electron chi connectivity index (χ0n) is 14.8. The van der Waals surface area contributed by atoms with E-state index in [1.54, 1.807) is 30.0 Å². The molecule has 1 saturated heterocycles. The van der Waals surface area contributed by atoms with E-state index in [9.17, 15) is 18.0 Å². The molecule has 0 spiro atoms. The van der Waals surface area contributed by atoms with E-state index in [-0.39, 0.29) is 17.7 Å². The Morgan fingerprint density at radius 2 is 1.88 bits per heavy atom. The third-order valence-electron chi connectivity index (χ3n) is 4.53. The van der Waals surface area contributed by atoms with Gasteiger partial charge in [-0.2, -0.15) is 0 Å². The van der Waals surface area contributed by atoms with E-state index in [1.165, 1.54) is 0 Å². The molecule has 25 heavy (non-hydrogen) atoms. The Hall–Kier alpha value is -2.09. The van der Waals surface area contributed by atoms with Gasteiger partial charge >= 0.3 is 0 Å². The van der Waals surface area contributed by atoms with Crippen LogP contribution in [0.5, 0.6) is 0 Å². The normalized spacial score (nSPS) is 17.2. The third kappa shape index (κ3) is 4.50. The van der Waals surface area contributed by atoms with Crippen LogP contribution in [-0.4, -0.2) is 50.5 Å². The summed E-state index contributed by atoms with van der Waals surface area (Å²) in [7, 11) is -3.63. The maximum atomic E-state index is 12.8. The number of benzene rings is 1. The lowest BCUT2D eigenvalue weighted by Crippen LogP contribution is -2.52. The minimum absolute atomic E-state index is 0.220. The van der Waals surface area contributed by atoms with E-state index in [1.807, 2.05) is 13.0 Å². The van der Waals surface area contributed by atoms with Crippen LogP contribution in [0.15, 0.2) is 24.3 Å². The number of nitrogens with two attached hydrogens (primary N) is 1. The molecule has 0 bridgehead atoms. The highest BCUT2D eigenvalue weighted by atomic mass is 32.2. The van der Waals surface area contributed by atoms with Crippen molar-refractivity contribution < 1.29 is 18.0 Å². The van der Waals surface area contributed by atoms with Crippen molar-refractivity contribution in [1.82, 2.24) is 4.90 Å². The molecule has 1 aliphatic rings. The summed E-state index contributed by atoms with van der Waals surface area (Å²) in [6.07, 6.45) is 2.12. The summed E-state index contributed by atoms with van der Waals surface area (Å²) in [5.74, 6) is -0.838. The molecule has 1 aliphatic heterocycles. The molecule has 8 heteroatoms. The summed E-state index contributed by atoms with van der Waals surface area (Å²) in [4.78, 5) is 25.7. The molecule has 1 unspecified atom stereocenters. The second-order valence-corrected chi connectivity index (χ2v) is 8.44. The molecule has 7 nitrogen and oxygen atoms in total. The molecule has 2 amide bonds. The highest BCUT2D eigenvalue weighted by Gasteiger charge is 2.34. The third-order valence-corrected chi connectivity index (χ3v) is 5.77. The fourth-order valence-corrected chi connectivity index (χ4v) is 4.38. The zero-order chi connectivity index (χ0) is 18.8. The van der Waals surface area contributed by atoms with Crippen molar-refractivity contribution >= 4 is 27.5 Å². The second-order valence-electron chi connectivity index (χ2n) is 6.58. The first-order chi connectivity index (χ1) is 11.6. The number of carbonyl (C=O) groups excluding carboxylic acids is 2. The summed E-state index contributed by atoms with van der Waals surface area (Å²) in [6.45, 7) is 4.27. The molecule has 2 rings (SSSR count). The van der Waals surface area contributed by atoms with E-state index in [4.69, 9.17) is 5.73 Å². The Morgan fingerprint density at radius 1 is 1.28 bits per heavy atom. The molecule has 0 radical (unpaired) electrons. The molecular formula is C17H25N3O4S. The number of nitrogens with zero attached hydrogens (tertiary/aromatic N) is 2. The monoisotopic (exact) mass is 367 g/mol. The fourth-order valence-electron chi connectivity index (χ4n) is 3.22. The molecule has 0 aromatic heterocycles. The van der Waals surface area contributed by atoms with Crippen LogP contribution in [0.1, 0.15) is 25.3 Å². The van der Waals surface area contributed by atoms with Gasteiger partial charge in [-0.3, -0.25) is 13.9 Å². The molecule has 1 heterocycles. The van der Waals surface area contributed by atoms with Gasteiger partial charge in [0.15, 0.2) is 0 Å². The Labute approximate surface area is 148 Å².